The quantitative estimate of drug-likeness (QED) is 0.857. The third-order valence-electron chi connectivity index (χ3n) is 5.10. The number of likely N-dealkylation sites (N-methyl/N-ethyl adjacent to an activating group) is 1. The Morgan fingerprint density at radius 2 is 1.95 bits per heavy atom. The molecule has 1 N–H and O–H groups in total. The van der Waals surface area contributed by atoms with Crippen molar-refractivity contribution in [1.82, 2.24) is 15.1 Å². The van der Waals surface area contributed by atoms with Gasteiger partial charge in [0.15, 0.2) is 0 Å². The molecule has 1 fully saturated rings. The Labute approximate surface area is 124 Å². The summed E-state index contributed by atoms with van der Waals surface area (Å²) < 4.78 is 2.22. The van der Waals surface area contributed by atoms with Gasteiger partial charge in [-0.2, -0.15) is 5.10 Å². The van der Waals surface area contributed by atoms with E-state index in [1.165, 1.54) is 37.8 Å². The SMILES string of the molecule is CNC(Cc1ccn(C2CCCCC2)n1)C(C)C(C)C. The Morgan fingerprint density at radius 3 is 2.55 bits per heavy atom. The molecular weight excluding hydrogens is 246 g/mol. The van der Waals surface area contributed by atoms with E-state index in [1.54, 1.807) is 0 Å². The van der Waals surface area contributed by atoms with Crippen molar-refractivity contribution in [3.05, 3.63) is 18.0 Å². The lowest BCUT2D eigenvalue weighted by Crippen LogP contribution is -2.36. The van der Waals surface area contributed by atoms with Crippen molar-refractivity contribution in [1.29, 1.82) is 0 Å². The van der Waals surface area contributed by atoms with Gasteiger partial charge in [-0.25, -0.2) is 0 Å². The van der Waals surface area contributed by atoms with Crippen LogP contribution >= 0.6 is 0 Å². The largest absolute Gasteiger partial charge is 0.316 e. The number of nitrogens with one attached hydrogen (secondary N) is 1. The summed E-state index contributed by atoms with van der Waals surface area (Å²) in [5.74, 6) is 1.37. The van der Waals surface area contributed by atoms with Crippen LogP contribution in [0.1, 0.15) is 64.6 Å². The van der Waals surface area contributed by atoms with Crippen molar-refractivity contribution in [2.24, 2.45) is 11.8 Å². The standard InChI is InChI=1S/C17H31N3/c1-13(2)14(3)17(18-4)12-15-10-11-20(19-15)16-8-6-5-7-9-16/h10-11,13-14,16-18H,5-9,12H2,1-4H3. The molecule has 3 nitrogen and oxygen atoms in total. The highest BCUT2D eigenvalue weighted by Gasteiger charge is 2.21. The number of hydrogen-bond donors (Lipinski definition) is 1. The molecule has 2 atom stereocenters. The highest BCUT2D eigenvalue weighted by atomic mass is 15.3. The van der Waals surface area contributed by atoms with Gasteiger partial charge in [0.25, 0.3) is 0 Å². The van der Waals surface area contributed by atoms with Crippen molar-refractivity contribution >= 4 is 0 Å². The fourth-order valence-corrected chi connectivity index (χ4v) is 3.28. The van der Waals surface area contributed by atoms with Crippen LogP contribution in [-0.2, 0) is 6.42 Å². The molecule has 20 heavy (non-hydrogen) atoms. The first-order chi connectivity index (χ1) is 9.61. The van der Waals surface area contributed by atoms with Crippen LogP contribution in [0.2, 0.25) is 0 Å². The molecule has 0 spiro atoms. The van der Waals surface area contributed by atoms with Crippen LogP contribution in [0.4, 0.5) is 0 Å². The Kier molecular flexibility index (Phi) is 5.64. The predicted molar refractivity (Wildman–Crippen MR) is 84.9 cm³/mol. The first-order valence-electron chi connectivity index (χ1n) is 8.33. The summed E-state index contributed by atoms with van der Waals surface area (Å²) in [5.41, 5.74) is 1.24. The van der Waals surface area contributed by atoms with Crippen molar-refractivity contribution in [2.75, 3.05) is 7.05 Å². The third-order valence-corrected chi connectivity index (χ3v) is 5.10. The summed E-state index contributed by atoms with van der Waals surface area (Å²) in [6.07, 6.45) is 9.97. The zero-order valence-electron chi connectivity index (χ0n) is 13.6. The molecule has 1 aliphatic rings. The Balaban J connectivity index is 1.97. The molecule has 0 saturated heterocycles. The van der Waals surface area contributed by atoms with Gasteiger partial charge in [0.2, 0.25) is 0 Å². The van der Waals surface area contributed by atoms with E-state index in [-0.39, 0.29) is 0 Å². The minimum atomic E-state index is 0.518. The highest BCUT2D eigenvalue weighted by Crippen LogP contribution is 2.27. The van der Waals surface area contributed by atoms with E-state index in [9.17, 15) is 0 Å². The summed E-state index contributed by atoms with van der Waals surface area (Å²) in [6, 6.07) is 3.38. The smallest absolute Gasteiger partial charge is 0.0640 e. The van der Waals surface area contributed by atoms with Crippen LogP contribution in [-0.4, -0.2) is 22.9 Å². The van der Waals surface area contributed by atoms with E-state index in [4.69, 9.17) is 5.10 Å². The lowest BCUT2D eigenvalue weighted by atomic mass is 9.88. The molecule has 2 rings (SSSR count). The molecule has 0 bridgehead atoms. The zero-order chi connectivity index (χ0) is 14.5. The fourth-order valence-electron chi connectivity index (χ4n) is 3.28. The maximum atomic E-state index is 4.84. The van der Waals surface area contributed by atoms with Crippen molar-refractivity contribution in [3.8, 4) is 0 Å². The van der Waals surface area contributed by atoms with Crippen molar-refractivity contribution in [3.63, 3.8) is 0 Å². The van der Waals surface area contributed by atoms with E-state index < -0.39 is 0 Å². The van der Waals surface area contributed by atoms with E-state index in [0.29, 0.717) is 23.9 Å². The topological polar surface area (TPSA) is 29.9 Å². The summed E-state index contributed by atoms with van der Waals surface area (Å²) >= 11 is 0. The second-order valence-electron chi connectivity index (χ2n) is 6.78. The predicted octanol–water partition coefficient (Wildman–Crippen LogP) is 3.81. The third kappa shape index (κ3) is 3.85. The molecule has 0 radical (unpaired) electrons. The molecule has 1 aromatic rings. The van der Waals surface area contributed by atoms with E-state index in [1.807, 2.05) is 0 Å². The average molecular weight is 277 g/mol. The van der Waals surface area contributed by atoms with Gasteiger partial charge in [-0.3, -0.25) is 4.68 Å². The lowest BCUT2D eigenvalue weighted by Gasteiger charge is -2.26. The number of rotatable bonds is 6. The number of hydrogen-bond acceptors (Lipinski definition) is 2. The lowest BCUT2D eigenvalue weighted by molar-refractivity contribution is 0.303. The number of nitrogens with zero attached hydrogens (tertiary/aromatic N) is 2. The molecule has 0 aliphatic heterocycles. The Morgan fingerprint density at radius 1 is 1.25 bits per heavy atom. The van der Waals surface area contributed by atoms with Crippen LogP contribution in [0.5, 0.6) is 0 Å². The van der Waals surface area contributed by atoms with Crippen LogP contribution in [0.3, 0.4) is 0 Å². The van der Waals surface area contributed by atoms with Crippen LogP contribution in [0, 0.1) is 11.8 Å². The maximum absolute atomic E-state index is 4.84. The molecule has 1 aromatic heterocycles. The zero-order valence-corrected chi connectivity index (χ0v) is 13.6. The van der Waals surface area contributed by atoms with Gasteiger partial charge >= 0.3 is 0 Å². The Hall–Kier alpha value is -0.830. The van der Waals surface area contributed by atoms with Gasteiger partial charge in [0, 0.05) is 18.7 Å². The minimum Gasteiger partial charge on any atom is -0.316 e. The van der Waals surface area contributed by atoms with Crippen molar-refractivity contribution < 1.29 is 0 Å². The monoisotopic (exact) mass is 277 g/mol. The summed E-state index contributed by atoms with van der Waals surface area (Å²) in [6.45, 7) is 6.94. The van der Waals surface area contributed by atoms with Gasteiger partial charge in [-0.1, -0.05) is 40.0 Å². The van der Waals surface area contributed by atoms with Gasteiger partial charge < -0.3 is 5.32 Å². The van der Waals surface area contributed by atoms with Crippen LogP contribution in [0.15, 0.2) is 12.3 Å². The second-order valence-corrected chi connectivity index (χ2v) is 6.78. The van der Waals surface area contributed by atoms with Crippen LogP contribution < -0.4 is 5.32 Å². The minimum absolute atomic E-state index is 0.518. The molecule has 0 amide bonds. The van der Waals surface area contributed by atoms with Crippen LogP contribution in [0.25, 0.3) is 0 Å². The normalized spacial score (nSPS) is 20.2. The molecule has 3 heteroatoms. The molecule has 2 unspecified atom stereocenters. The molecule has 114 valence electrons. The van der Waals surface area contributed by atoms with Gasteiger partial charge in [0.1, 0.15) is 0 Å². The van der Waals surface area contributed by atoms with Gasteiger partial charge in [-0.15, -0.1) is 0 Å². The molecule has 0 aromatic carbocycles. The number of aromatic nitrogens is 2. The van der Waals surface area contributed by atoms with E-state index in [0.717, 1.165) is 6.42 Å². The van der Waals surface area contributed by atoms with Crippen molar-refractivity contribution in [2.45, 2.75) is 71.4 Å². The molecule has 1 aliphatic carbocycles. The first-order valence-corrected chi connectivity index (χ1v) is 8.33. The maximum Gasteiger partial charge on any atom is 0.0640 e. The van der Waals surface area contributed by atoms with E-state index in [2.05, 4.69) is 50.1 Å². The summed E-state index contributed by atoms with van der Waals surface area (Å²) in [7, 11) is 2.07. The summed E-state index contributed by atoms with van der Waals surface area (Å²) in [5, 5.41) is 8.31. The Bertz CT molecular complexity index is 391. The molecule has 1 heterocycles. The summed E-state index contributed by atoms with van der Waals surface area (Å²) in [4.78, 5) is 0. The molecular formula is C17H31N3. The average Bonchev–Trinajstić information content (AvgIpc) is 2.93. The molecule has 1 saturated carbocycles. The van der Waals surface area contributed by atoms with E-state index >= 15 is 0 Å². The first kappa shape index (κ1) is 15.6. The highest BCUT2D eigenvalue weighted by molar-refractivity contribution is 5.03. The van der Waals surface area contributed by atoms with Gasteiger partial charge in [0.05, 0.1) is 11.7 Å². The van der Waals surface area contributed by atoms with Gasteiger partial charge in [-0.05, 0) is 37.8 Å². The fraction of sp³-hybridized carbons (Fsp3) is 0.824. The second kappa shape index (κ2) is 7.26.